The highest BCUT2D eigenvalue weighted by atomic mass is 16.7. The van der Waals surface area contributed by atoms with E-state index in [1.165, 1.54) is 0 Å². The molecule has 27 heavy (non-hydrogen) atoms. The number of ether oxygens (including phenoxy) is 6. The van der Waals surface area contributed by atoms with E-state index < -0.39 is 6.29 Å². The number of hydrogen-bond donors (Lipinski definition) is 1. The number of hydrogen-bond acceptors (Lipinski definition) is 7. The minimum absolute atomic E-state index is 0.160. The van der Waals surface area contributed by atoms with Crippen molar-refractivity contribution in [2.45, 2.75) is 19.1 Å². The van der Waals surface area contributed by atoms with E-state index in [1.807, 2.05) is 25.1 Å². The normalized spacial score (nSPS) is 22.6. The number of methoxy groups -OCH3 is 3. The van der Waals surface area contributed by atoms with Crippen molar-refractivity contribution in [2.24, 2.45) is 5.92 Å². The molecule has 0 amide bonds. The van der Waals surface area contributed by atoms with E-state index in [1.54, 1.807) is 27.4 Å². The summed E-state index contributed by atoms with van der Waals surface area (Å²) in [6, 6.07) is 7.47. The van der Waals surface area contributed by atoms with Gasteiger partial charge in [0.05, 0.1) is 21.3 Å². The van der Waals surface area contributed by atoms with Crippen LogP contribution in [0.5, 0.6) is 34.5 Å². The highest BCUT2D eigenvalue weighted by Crippen LogP contribution is 2.51. The summed E-state index contributed by atoms with van der Waals surface area (Å²) in [4.78, 5) is 0. The number of benzene rings is 2. The summed E-state index contributed by atoms with van der Waals surface area (Å²) >= 11 is 0. The molecule has 2 heterocycles. The highest BCUT2D eigenvalue weighted by molar-refractivity contribution is 5.59. The first-order chi connectivity index (χ1) is 13.1. The summed E-state index contributed by atoms with van der Waals surface area (Å²) in [5.41, 5.74) is 1.82. The fraction of sp³-hybridized carbons (Fsp3) is 0.400. The van der Waals surface area contributed by atoms with Crippen LogP contribution in [-0.4, -0.2) is 39.5 Å². The molecule has 0 radical (unpaired) electrons. The fourth-order valence-corrected chi connectivity index (χ4v) is 3.73. The summed E-state index contributed by atoms with van der Waals surface area (Å²) < 4.78 is 33.1. The van der Waals surface area contributed by atoms with Gasteiger partial charge in [-0.05, 0) is 23.8 Å². The molecule has 0 aromatic heterocycles. The number of aliphatic hydroxyl groups excluding tert-OH is 1. The molecular weight excluding hydrogens is 352 g/mol. The van der Waals surface area contributed by atoms with Crippen LogP contribution in [0.15, 0.2) is 24.3 Å². The molecule has 7 nitrogen and oxygen atoms in total. The molecule has 0 bridgehead atoms. The second kappa shape index (κ2) is 6.74. The van der Waals surface area contributed by atoms with E-state index in [0.717, 1.165) is 11.1 Å². The van der Waals surface area contributed by atoms with Crippen molar-refractivity contribution >= 4 is 0 Å². The van der Waals surface area contributed by atoms with Gasteiger partial charge in [-0.15, -0.1) is 0 Å². The zero-order valence-electron chi connectivity index (χ0n) is 15.6. The maximum Gasteiger partial charge on any atom is 0.231 e. The Morgan fingerprint density at radius 2 is 1.52 bits per heavy atom. The smallest absolute Gasteiger partial charge is 0.231 e. The topological polar surface area (TPSA) is 75.6 Å². The molecule has 2 aliphatic heterocycles. The van der Waals surface area contributed by atoms with E-state index >= 15 is 0 Å². The molecule has 0 unspecified atom stereocenters. The SMILES string of the molecule is COc1cc([C@@H]2c3cc4c(cc3O[C@@H](O)[C@H]2C)OCO4)cc(OC)c1OC. The average molecular weight is 374 g/mol. The minimum Gasteiger partial charge on any atom is -0.493 e. The third kappa shape index (κ3) is 2.78. The maximum atomic E-state index is 10.5. The molecule has 2 aromatic carbocycles. The van der Waals surface area contributed by atoms with Crippen LogP contribution in [0.1, 0.15) is 24.0 Å². The van der Waals surface area contributed by atoms with Gasteiger partial charge in [0.25, 0.3) is 0 Å². The molecule has 1 N–H and O–H groups in total. The van der Waals surface area contributed by atoms with Gasteiger partial charge in [0, 0.05) is 23.5 Å². The molecule has 144 valence electrons. The number of fused-ring (bicyclic) bond motifs is 2. The van der Waals surface area contributed by atoms with Crippen molar-refractivity contribution in [1.82, 2.24) is 0 Å². The van der Waals surface area contributed by atoms with Gasteiger partial charge >= 0.3 is 0 Å². The Morgan fingerprint density at radius 1 is 0.889 bits per heavy atom. The number of aliphatic hydroxyl groups is 1. The zero-order valence-corrected chi connectivity index (χ0v) is 15.6. The van der Waals surface area contributed by atoms with Crippen LogP contribution in [-0.2, 0) is 0 Å². The fourth-order valence-electron chi connectivity index (χ4n) is 3.73. The van der Waals surface area contributed by atoms with Crippen LogP contribution in [0, 0.1) is 5.92 Å². The predicted octanol–water partition coefficient (Wildman–Crippen LogP) is 2.92. The standard InChI is InChI=1S/C20H22O7/c1-10-18(11-5-16(22-2)19(24-4)17(6-11)23-3)12-7-14-15(26-9-25-14)8-13(12)27-20(10)21/h5-8,10,18,20-21H,9H2,1-4H3/t10-,18+,20+/m0/s1. The highest BCUT2D eigenvalue weighted by Gasteiger charge is 2.38. The minimum atomic E-state index is -0.957. The molecule has 2 aromatic rings. The van der Waals surface area contributed by atoms with Gasteiger partial charge in [-0.25, -0.2) is 0 Å². The second-order valence-corrected chi connectivity index (χ2v) is 6.55. The largest absolute Gasteiger partial charge is 0.493 e. The van der Waals surface area contributed by atoms with E-state index in [2.05, 4.69) is 0 Å². The molecule has 0 spiro atoms. The van der Waals surface area contributed by atoms with Gasteiger partial charge in [0.2, 0.25) is 18.8 Å². The van der Waals surface area contributed by atoms with Crippen LogP contribution in [0.25, 0.3) is 0 Å². The summed E-state index contributed by atoms with van der Waals surface area (Å²) in [5.74, 6) is 3.12. The van der Waals surface area contributed by atoms with E-state index in [-0.39, 0.29) is 18.6 Å². The van der Waals surface area contributed by atoms with Crippen molar-refractivity contribution in [3.05, 3.63) is 35.4 Å². The lowest BCUT2D eigenvalue weighted by atomic mass is 9.79. The van der Waals surface area contributed by atoms with Gasteiger partial charge in [-0.1, -0.05) is 6.92 Å². The lowest BCUT2D eigenvalue weighted by Crippen LogP contribution is -2.34. The van der Waals surface area contributed by atoms with Crippen LogP contribution in [0.2, 0.25) is 0 Å². The van der Waals surface area contributed by atoms with E-state index in [4.69, 9.17) is 28.4 Å². The Morgan fingerprint density at radius 3 is 2.11 bits per heavy atom. The van der Waals surface area contributed by atoms with Crippen molar-refractivity contribution in [3.63, 3.8) is 0 Å². The van der Waals surface area contributed by atoms with Crippen molar-refractivity contribution in [3.8, 4) is 34.5 Å². The lowest BCUT2D eigenvalue weighted by Gasteiger charge is -2.36. The van der Waals surface area contributed by atoms with Gasteiger partial charge in [-0.2, -0.15) is 0 Å². The predicted molar refractivity (Wildman–Crippen MR) is 96.3 cm³/mol. The first kappa shape index (κ1) is 17.6. The Balaban J connectivity index is 1.88. The molecule has 0 fully saturated rings. The zero-order chi connectivity index (χ0) is 19.1. The third-order valence-corrected chi connectivity index (χ3v) is 5.11. The van der Waals surface area contributed by atoms with Gasteiger partial charge in [-0.3, -0.25) is 0 Å². The monoisotopic (exact) mass is 374 g/mol. The van der Waals surface area contributed by atoms with E-state index in [9.17, 15) is 5.11 Å². The van der Waals surface area contributed by atoms with Crippen LogP contribution in [0.4, 0.5) is 0 Å². The molecule has 0 saturated heterocycles. The van der Waals surface area contributed by atoms with E-state index in [0.29, 0.717) is 34.5 Å². The van der Waals surface area contributed by atoms with Crippen molar-refractivity contribution in [1.29, 1.82) is 0 Å². The third-order valence-electron chi connectivity index (χ3n) is 5.11. The molecule has 4 rings (SSSR count). The molecule has 0 aliphatic carbocycles. The molecular formula is C20H22O7. The van der Waals surface area contributed by atoms with Gasteiger partial charge < -0.3 is 33.5 Å². The Kier molecular flexibility index (Phi) is 4.39. The Hall–Kier alpha value is -2.80. The first-order valence-electron chi connectivity index (χ1n) is 8.65. The summed E-state index contributed by atoms with van der Waals surface area (Å²) in [7, 11) is 4.72. The molecule has 0 saturated carbocycles. The van der Waals surface area contributed by atoms with Crippen LogP contribution in [0.3, 0.4) is 0 Å². The Labute approximate surface area is 157 Å². The number of rotatable bonds is 4. The first-order valence-corrected chi connectivity index (χ1v) is 8.65. The van der Waals surface area contributed by atoms with Crippen molar-refractivity contribution < 1.29 is 33.5 Å². The van der Waals surface area contributed by atoms with Crippen LogP contribution >= 0.6 is 0 Å². The quantitative estimate of drug-likeness (QED) is 0.882. The average Bonchev–Trinajstić information content (AvgIpc) is 3.13. The lowest BCUT2D eigenvalue weighted by molar-refractivity contribution is -0.0729. The maximum absolute atomic E-state index is 10.5. The summed E-state index contributed by atoms with van der Waals surface area (Å²) in [5, 5.41) is 10.5. The molecule has 3 atom stereocenters. The molecule has 7 heteroatoms. The van der Waals surface area contributed by atoms with Crippen molar-refractivity contribution in [2.75, 3.05) is 28.1 Å². The summed E-state index contributed by atoms with van der Waals surface area (Å²) in [6.45, 7) is 2.11. The van der Waals surface area contributed by atoms with Crippen LogP contribution < -0.4 is 28.4 Å². The molecule has 2 aliphatic rings. The summed E-state index contributed by atoms with van der Waals surface area (Å²) in [6.07, 6.45) is -0.957. The Bertz CT molecular complexity index is 839. The van der Waals surface area contributed by atoms with Gasteiger partial charge in [0.1, 0.15) is 5.75 Å². The van der Waals surface area contributed by atoms with Gasteiger partial charge in [0.15, 0.2) is 23.0 Å². The second-order valence-electron chi connectivity index (χ2n) is 6.55.